The molecule has 8 N–H and O–H groups in total. The van der Waals surface area contributed by atoms with Crippen LogP contribution in [0.15, 0.2) is 41.0 Å². The second kappa shape index (κ2) is 12.9. The molecule has 4 rings (SSSR count). The van der Waals surface area contributed by atoms with Gasteiger partial charge in [0.05, 0.1) is 11.7 Å². The zero-order valence-electron chi connectivity index (χ0n) is 22.5. The van der Waals surface area contributed by atoms with Crippen molar-refractivity contribution in [1.82, 2.24) is 15.2 Å². The number of aliphatic carboxylic acids is 2. The van der Waals surface area contributed by atoms with Crippen molar-refractivity contribution in [2.45, 2.75) is 44.0 Å². The molecular formula is C24H26ClN8O8S2+. The Bertz CT molecular complexity index is 1540. The fourth-order valence-corrected chi connectivity index (χ4v) is 6.23. The van der Waals surface area contributed by atoms with Crippen molar-refractivity contribution in [2.75, 3.05) is 16.8 Å². The zero-order valence-corrected chi connectivity index (χ0v) is 24.9. The number of hydrogen-bond donors (Lipinski definition) is 6. The van der Waals surface area contributed by atoms with Crippen LogP contribution in [0.4, 0.5) is 10.8 Å². The van der Waals surface area contributed by atoms with Gasteiger partial charge in [0.1, 0.15) is 27.1 Å². The Morgan fingerprint density at radius 2 is 1.95 bits per heavy atom. The van der Waals surface area contributed by atoms with Gasteiger partial charge in [-0.15, -0.1) is 11.8 Å². The lowest BCUT2D eigenvalue weighted by Crippen LogP contribution is -2.71. The Labute approximate surface area is 256 Å². The van der Waals surface area contributed by atoms with Crippen molar-refractivity contribution >= 4 is 80.9 Å². The van der Waals surface area contributed by atoms with Crippen LogP contribution in [0.3, 0.4) is 0 Å². The third-order valence-electron chi connectivity index (χ3n) is 6.17. The van der Waals surface area contributed by atoms with Crippen molar-refractivity contribution in [3.05, 3.63) is 45.8 Å². The number of aromatic nitrogens is 2. The molecule has 0 bridgehead atoms. The number of carbonyl (C=O) groups excluding carboxylic acids is 3. The number of thioether (sulfide) groups is 1. The molecule has 1 saturated heterocycles. The van der Waals surface area contributed by atoms with Crippen LogP contribution in [0.5, 0.6) is 0 Å². The minimum Gasteiger partial charge on any atom is -0.478 e. The van der Waals surface area contributed by atoms with Crippen LogP contribution in [-0.2, 0) is 35.4 Å². The van der Waals surface area contributed by atoms with Crippen LogP contribution in [0.1, 0.15) is 19.5 Å². The number of thiazole rings is 1. The maximum Gasteiger partial charge on any atom is 0.352 e. The first kappa shape index (κ1) is 31.7. The number of amides is 3. The molecule has 1 fully saturated rings. The van der Waals surface area contributed by atoms with Crippen molar-refractivity contribution in [3.63, 3.8) is 0 Å². The van der Waals surface area contributed by atoms with Crippen LogP contribution < -0.4 is 26.7 Å². The van der Waals surface area contributed by atoms with E-state index < -0.39 is 53.0 Å². The molecule has 43 heavy (non-hydrogen) atoms. The van der Waals surface area contributed by atoms with Crippen molar-refractivity contribution in [2.24, 2.45) is 10.9 Å². The molecule has 2 aliphatic rings. The lowest BCUT2D eigenvalue weighted by molar-refractivity contribution is -0.688. The number of carboxylic acids is 2. The highest BCUT2D eigenvalue weighted by atomic mass is 35.5. The third kappa shape index (κ3) is 6.87. The van der Waals surface area contributed by atoms with Crippen LogP contribution >= 0.6 is 34.7 Å². The normalized spacial score (nSPS) is 19.6. The number of rotatable bonds is 11. The van der Waals surface area contributed by atoms with Gasteiger partial charge in [-0.25, -0.2) is 19.1 Å². The Morgan fingerprint density at radius 3 is 2.51 bits per heavy atom. The van der Waals surface area contributed by atoms with Gasteiger partial charge in [0.2, 0.25) is 12.0 Å². The lowest BCUT2D eigenvalue weighted by atomic mass is 10.0. The van der Waals surface area contributed by atoms with Gasteiger partial charge in [0.15, 0.2) is 29.8 Å². The fourth-order valence-electron chi connectivity index (χ4n) is 3.97. The second-order valence-electron chi connectivity index (χ2n) is 9.36. The van der Waals surface area contributed by atoms with Gasteiger partial charge in [-0.05, 0) is 13.8 Å². The molecular weight excluding hydrogens is 628 g/mol. The fraction of sp³-hybridized carbons (Fsp3) is 0.333. The summed E-state index contributed by atoms with van der Waals surface area (Å²) in [6.45, 7) is 2.88. The number of pyridine rings is 1. The summed E-state index contributed by atoms with van der Waals surface area (Å²) >= 11 is 8.22. The lowest BCUT2D eigenvalue weighted by Gasteiger charge is -2.49. The summed E-state index contributed by atoms with van der Waals surface area (Å²) in [5.41, 5.74) is 11.3. The average molecular weight is 654 g/mol. The summed E-state index contributed by atoms with van der Waals surface area (Å²) < 4.78 is 1.67. The van der Waals surface area contributed by atoms with E-state index in [-0.39, 0.29) is 39.1 Å². The minimum absolute atomic E-state index is 0.00620. The second-order valence-corrected chi connectivity index (χ2v) is 12.1. The van der Waals surface area contributed by atoms with E-state index in [4.69, 9.17) is 33.0 Å². The Morgan fingerprint density at radius 1 is 1.28 bits per heavy atom. The zero-order chi connectivity index (χ0) is 31.6. The topological polar surface area (TPSA) is 244 Å². The standard InChI is InChI=1S/C24H25ClN8O8S2/c1-9(26)18(34)28-12-3-5-32(6-4-12)7-11-8-42-21-15(20(36)33(21)16(11)23(39)40)29-19(35)14(31-41-10(2)22(37)38)13-17(25)43-24(27)30-13/h3-6,9-10,15,21H,7-8,26H2,1-2H3,(H5,27,29,30,35,37,38,39,40)/p+1/t9-,10-,15+,21+/m0/s1. The third-order valence-corrected chi connectivity index (χ3v) is 8.60. The van der Waals surface area contributed by atoms with E-state index in [0.29, 0.717) is 11.3 Å². The van der Waals surface area contributed by atoms with Gasteiger partial charge in [-0.2, -0.15) is 0 Å². The summed E-state index contributed by atoms with van der Waals surface area (Å²) in [6, 6.07) is 1.43. The van der Waals surface area contributed by atoms with Crippen LogP contribution in [-0.4, -0.2) is 84.8 Å². The largest absolute Gasteiger partial charge is 0.478 e. The number of halogens is 1. The van der Waals surface area contributed by atoms with Gasteiger partial charge in [0.25, 0.3) is 11.8 Å². The number of nitrogens with zero attached hydrogens (tertiary/aromatic N) is 4. The van der Waals surface area contributed by atoms with E-state index in [0.717, 1.165) is 16.2 Å². The van der Waals surface area contributed by atoms with Crippen molar-refractivity contribution < 1.29 is 43.6 Å². The van der Waals surface area contributed by atoms with Gasteiger partial charge in [-0.3, -0.25) is 19.3 Å². The highest BCUT2D eigenvalue weighted by molar-refractivity contribution is 8.00. The number of oxime groups is 1. The number of nitrogen functional groups attached to an aromatic ring is 1. The minimum atomic E-state index is -1.42. The first-order chi connectivity index (χ1) is 20.3. The predicted molar refractivity (Wildman–Crippen MR) is 155 cm³/mol. The molecule has 2 aromatic rings. The van der Waals surface area contributed by atoms with E-state index in [2.05, 4.69) is 20.8 Å². The number of carboxylic acid groups (broad SMARTS) is 2. The quantitative estimate of drug-likeness (QED) is 0.0784. The number of anilines is 2. The van der Waals surface area contributed by atoms with E-state index in [1.165, 1.54) is 18.7 Å². The van der Waals surface area contributed by atoms with Crippen molar-refractivity contribution in [1.29, 1.82) is 0 Å². The Balaban J connectivity index is 1.51. The molecule has 2 aromatic heterocycles. The Hall–Kier alpha value is -4.26. The number of nitrogens with two attached hydrogens (primary N) is 2. The highest BCUT2D eigenvalue weighted by Gasteiger charge is 2.55. The first-order valence-corrected chi connectivity index (χ1v) is 14.7. The summed E-state index contributed by atoms with van der Waals surface area (Å²) in [5.74, 6) is -4.43. The molecule has 16 nitrogen and oxygen atoms in total. The summed E-state index contributed by atoms with van der Waals surface area (Å²) in [6.07, 6.45) is 1.87. The molecule has 228 valence electrons. The van der Waals surface area contributed by atoms with E-state index in [1.54, 1.807) is 36.0 Å². The maximum atomic E-state index is 13.2. The summed E-state index contributed by atoms with van der Waals surface area (Å²) in [5, 5.41) is 27.1. The maximum absolute atomic E-state index is 13.2. The SMILES string of the molecule is C[C@H](N)C(=O)Nc1cc[n+](CC2=C(C(=O)O)N3C(=O)[C@@H](NC(=O)C(=NO[C@@H](C)C(=O)O)c4nc(N)sc4Cl)[C@H]3SC2)cc1. The molecule has 2 aliphatic heterocycles. The number of fused-ring (bicyclic) bond motifs is 1. The van der Waals surface area contributed by atoms with Gasteiger partial charge >= 0.3 is 11.9 Å². The molecule has 0 unspecified atom stereocenters. The van der Waals surface area contributed by atoms with Gasteiger partial charge in [0, 0.05) is 23.5 Å². The molecule has 4 heterocycles. The molecule has 3 amide bonds. The summed E-state index contributed by atoms with van der Waals surface area (Å²) in [4.78, 5) is 71.6. The number of hydrogen-bond acceptors (Lipinski definition) is 12. The summed E-state index contributed by atoms with van der Waals surface area (Å²) in [7, 11) is 0. The van der Waals surface area contributed by atoms with Crippen LogP contribution in [0.2, 0.25) is 4.34 Å². The molecule has 0 aromatic carbocycles. The average Bonchev–Trinajstić information content (AvgIpc) is 3.29. The van der Waals surface area contributed by atoms with Gasteiger partial charge in [-0.1, -0.05) is 28.1 Å². The number of β-lactam (4-membered cyclic amide) rings is 1. The first-order valence-electron chi connectivity index (χ1n) is 12.4. The van der Waals surface area contributed by atoms with E-state index >= 15 is 0 Å². The Kier molecular flexibility index (Phi) is 9.53. The number of nitrogens with one attached hydrogen (secondary N) is 2. The monoisotopic (exact) mass is 653 g/mol. The molecule has 0 spiro atoms. The number of carbonyl (C=O) groups is 5. The molecule has 0 saturated carbocycles. The molecule has 0 radical (unpaired) electrons. The smallest absolute Gasteiger partial charge is 0.352 e. The van der Waals surface area contributed by atoms with E-state index in [9.17, 15) is 29.1 Å². The van der Waals surface area contributed by atoms with E-state index in [1.807, 2.05) is 0 Å². The molecule has 0 aliphatic carbocycles. The predicted octanol–water partition coefficient (Wildman–Crippen LogP) is -0.415. The van der Waals surface area contributed by atoms with Gasteiger partial charge < -0.3 is 37.2 Å². The van der Waals surface area contributed by atoms with Crippen LogP contribution in [0, 0.1) is 0 Å². The van der Waals surface area contributed by atoms with Crippen LogP contribution in [0.25, 0.3) is 0 Å². The molecule has 4 atom stereocenters. The molecule has 19 heteroatoms. The van der Waals surface area contributed by atoms with Crippen molar-refractivity contribution in [3.8, 4) is 0 Å². The highest BCUT2D eigenvalue weighted by Crippen LogP contribution is 2.40.